The molecule has 0 saturated heterocycles. The summed E-state index contributed by atoms with van der Waals surface area (Å²) in [6.07, 6.45) is 1.97. The Morgan fingerprint density at radius 1 is 0.714 bits per heavy atom. The first-order chi connectivity index (χ1) is 10.4. The molecule has 100 valence electrons. The van der Waals surface area contributed by atoms with Gasteiger partial charge in [0.15, 0.2) is 0 Å². The van der Waals surface area contributed by atoms with Crippen LogP contribution in [-0.4, -0.2) is 15.0 Å². The van der Waals surface area contributed by atoms with E-state index in [1.54, 1.807) is 4.68 Å². The van der Waals surface area contributed by atoms with Crippen LogP contribution in [0.3, 0.4) is 0 Å². The molecule has 0 aliphatic heterocycles. The number of fused-ring (bicyclic) bond motifs is 1. The minimum absolute atomic E-state index is 0.885. The fourth-order valence-corrected chi connectivity index (χ4v) is 2.54. The average Bonchev–Trinajstić information content (AvgIpc) is 3.05. The Hall–Kier alpha value is -2.94. The topological polar surface area (TPSA) is 30.7 Å². The Labute approximate surface area is 122 Å². The molecule has 1 heterocycles. The zero-order valence-electron chi connectivity index (χ0n) is 11.3. The average molecular weight is 271 g/mol. The SMILES string of the molecule is c1ccc(-n2cc(-c3cccc4ccccc34)nn2)cc1. The molecule has 0 fully saturated rings. The van der Waals surface area contributed by atoms with Gasteiger partial charge < -0.3 is 0 Å². The van der Waals surface area contributed by atoms with Crippen molar-refractivity contribution in [2.75, 3.05) is 0 Å². The van der Waals surface area contributed by atoms with Crippen LogP contribution in [0.15, 0.2) is 79.0 Å². The van der Waals surface area contributed by atoms with Crippen molar-refractivity contribution in [3.8, 4) is 16.9 Å². The summed E-state index contributed by atoms with van der Waals surface area (Å²) in [5.41, 5.74) is 3.00. The summed E-state index contributed by atoms with van der Waals surface area (Å²) in [6, 6.07) is 24.6. The maximum atomic E-state index is 4.33. The van der Waals surface area contributed by atoms with Gasteiger partial charge in [-0.2, -0.15) is 0 Å². The monoisotopic (exact) mass is 271 g/mol. The van der Waals surface area contributed by atoms with Crippen molar-refractivity contribution in [3.05, 3.63) is 79.0 Å². The molecule has 1 aromatic heterocycles. The molecule has 0 radical (unpaired) electrons. The number of aromatic nitrogens is 3. The maximum absolute atomic E-state index is 4.33. The van der Waals surface area contributed by atoms with Crippen LogP contribution in [0.5, 0.6) is 0 Å². The van der Waals surface area contributed by atoms with Crippen molar-refractivity contribution in [1.29, 1.82) is 0 Å². The predicted molar refractivity (Wildman–Crippen MR) is 84.3 cm³/mol. The quantitative estimate of drug-likeness (QED) is 0.550. The lowest BCUT2D eigenvalue weighted by Crippen LogP contribution is -1.93. The zero-order valence-corrected chi connectivity index (χ0v) is 11.3. The maximum Gasteiger partial charge on any atom is 0.114 e. The fourth-order valence-electron chi connectivity index (χ4n) is 2.54. The van der Waals surface area contributed by atoms with E-state index >= 15 is 0 Å². The summed E-state index contributed by atoms with van der Waals surface area (Å²) < 4.78 is 1.80. The van der Waals surface area contributed by atoms with Crippen LogP contribution in [-0.2, 0) is 0 Å². The second-order valence-electron chi connectivity index (χ2n) is 4.91. The highest BCUT2D eigenvalue weighted by atomic mass is 15.4. The number of para-hydroxylation sites is 1. The number of rotatable bonds is 2. The van der Waals surface area contributed by atoms with Crippen LogP contribution in [0.4, 0.5) is 0 Å². The summed E-state index contributed by atoms with van der Waals surface area (Å²) in [7, 11) is 0. The lowest BCUT2D eigenvalue weighted by atomic mass is 10.0. The molecule has 0 N–H and O–H groups in total. The van der Waals surface area contributed by atoms with Crippen LogP contribution < -0.4 is 0 Å². The summed E-state index contributed by atoms with van der Waals surface area (Å²) in [4.78, 5) is 0. The first-order valence-corrected chi connectivity index (χ1v) is 6.88. The first-order valence-electron chi connectivity index (χ1n) is 6.88. The summed E-state index contributed by atoms with van der Waals surface area (Å²) >= 11 is 0. The van der Waals surface area contributed by atoms with Crippen LogP contribution in [0.1, 0.15) is 0 Å². The van der Waals surface area contributed by atoms with Crippen LogP contribution >= 0.6 is 0 Å². The third-order valence-corrected chi connectivity index (χ3v) is 3.58. The van der Waals surface area contributed by atoms with Gasteiger partial charge in [0, 0.05) is 5.56 Å². The summed E-state index contributed by atoms with van der Waals surface area (Å²) in [5, 5.41) is 11.0. The van der Waals surface area contributed by atoms with E-state index in [9.17, 15) is 0 Å². The molecule has 4 rings (SSSR count). The fraction of sp³-hybridized carbons (Fsp3) is 0. The van der Waals surface area contributed by atoms with E-state index in [-0.39, 0.29) is 0 Å². The number of benzene rings is 3. The molecule has 3 nitrogen and oxygen atoms in total. The van der Waals surface area contributed by atoms with E-state index in [0.717, 1.165) is 16.9 Å². The zero-order chi connectivity index (χ0) is 14.1. The smallest absolute Gasteiger partial charge is 0.114 e. The Balaban J connectivity index is 1.85. The Morgan fingerprint density at radius 2 is 1.48 bits per heavy atom. The molecule has 0 atom stereocenters. The number of nitrogens with zero attached hydrogens (tertiary/aromatic N) is 3. The van der Waals surface area contributed by atoms with Crippen molar-refractivity contribution in [1.82, 2.24) is 15.0 Å². The van der Waals surface area contributed by atoms with E-state index in [0.29, 0.717) is 0 Å². The standard InChI is InChI=1S/C18H13N3/c1-2-9-15(10-3-1)21-13-18(19-20-21)17-12-6-8-14-7-4-5-11-16(14)17/h1-13H. The highest BCUT2D eigenvalue weighted by Crippen LogP contribution is 2.27. The second kappa shape index (κ2) is 4.87. The van der Waals surface area contributed by atoms with Crippen molar-refractivity contribution >= 4 is 10.8 Å². The van der Waals surface area contributed by atoms with Gasteiger partial charge in [-0.05, 0) is 22.9 Å². The Bertz CT molecular complexity index is 889. The van der Waals surface area contributed by atoms with Crippen molar-refractivity contribution in [3.63, 3.8) is 0 Å². The third-order valence-electron chi connectivity index (χ3n) is 3.58. The molecular weight excluding hydrogens is 258 g/mol. The van der Waals surface area contributed by atoms with Gasteiger partial charge in [0.05, 0.1) is 11.9 Å². The minimum Gasteiger partial charge on any atom is -0.220 e. The summed E-state index contributed by atoms with van der Waals surface area (Å²) in [5.74, 6) is 0. The van der Waals surface area contributed by atoms with E-state index < -0.39 is 0 Å². The number of hydrogen-bond donors (Lipinski definition) is 0. The van der Waals surface area contributed by atoms with Gasteiger partial charge in [-0.3, -0.25) is 0 Å². The summed E-state index contributed by atoms with van der Waals surface area (Å²) in [6.45, 7) is 0. The van der Waals surface area contributed by atoms with Crippen LogP contribution in [0.2, 0.25) is 0 Å². The van der Waals surface area contributed by atoms with Gasteiger partial charge in [-0.1, -0.05) is 65.9 Å². The van der Waals surface area contributed by atoms with Gasteiger partial charge in [0.2, 0.25) is 0 Å². The lowest BCUT2D eigenvalue weighted by molar-refractivity contribution is 0.804. The Morgan fingerprint density at radius 3 is 2.38 bits per heavy atom. The minimum atomic E-state index is 0.885. The van der Waals surface area contributed by atoms with Crippen molar-refractivity contribution < 1.29 is 0 Å². The molecule has 0 saturated carbocycles. The molecule has 0 amide bonds. The highest BCUT2D eigenvalue weighted by Gasteiger charge is 2.08. The van der Waals surface area contributed by atoms with E-state index in [1.165, 1.54) is 10.8 Å². The molecule has 0 aliphatic rings. The van der Waals surface area contributed by atoms with Gasteiger partial charge in [-0.15, -0.1) is 5.10 Å². The van der Waals surface area contributed by atoms with Gasteiger partial charge in [0.25, 0.3) is 0 Å². The Kier molecular flexibility index (Phi) is 2.75. The lowest BCUT2D eigenvalue weighted by Gasteiger charge is -2.02. The van der Waals surface area contributed by atoms with Gasteiger partial charge in [0.1, 0.15) is 5.69 Å². The normalized spacial score (nSPS) is 10.9. The van der Waals surface area contributed by atoms with Crippen molar-refractivity contribution in [2.24, 2.45) is 0 Å². The van der Waals surface area contributed by atoms with E-state index in [2.05, 4.69) is 40.6 Å². The van der Waals surface area contributed by atoms with Crippen molar-refractivity contribution in [2.45, 2.75) is 0 Å². The van der Waals surface area contributed by atoms with Crippen LogP contribution in [0.25, 0.3) is 27.7 Å². The molecule has 0 spiro atoms. The molecule has 0 bridgehead atoms. The van der Waals surface area contributed by atoms with Crippen LogP contribution in [0, 0.1) is 0 Å². The largest absolute Gasteiger partial charge is 0.220 e. The predicted octanol–water partition coefficient (Wildman–Crippen LogP) is 4.09. The van der Waals surface area contributed by atoms with E-state index in [4.69, 9.17) is 0 Å². The molecule has 3 aromatic carbocycles. The molecule has 0 unspecified atom stereocenters. The highest BCUT2D eigenvalue weighted by molar-refractivity contribution is 5.95. The second-order valence-corrected chi connectivity index (χ2v) is 4.91. The molecule has 3 heteroatoms. The third kappa shape index (κ3) is 2.09. The molecule has 21 heavy (non-hydrogen) atoms. The van der Waals surface area contributed by atoms with Gasteiger partial charge >= 0.3 is 0 Å². The number of hydrogen-bond acceptors (Lipinski definition) is 2. The van der Waals surface area contributed by atoms with E-state index in [1.807, 2.05) is 48.7 Å². The van der Waals surface area contributed by atoms with Gasteiger partial charge in [-0.25, -0.2) is 4.68 Å². The molecular formula is C18H13N3. The molecule has 4 aromatic rings. The first kappa shape index (κ1) is 11.9. The molecule has 0 aliphatic carbocycles.